The van der Waals surface area contributed by atoms with Crippen molar-refractivity contribution in [1.29, 1.82) is 0 Å². The molecule has 7 heteroatoms. The maximum Gasteiger partial charge on any atom is 0.145 e. The molecule has 0 amide bonds. The quantitative estimate of drug-likeness (QED) is 0.418. The SMILES string of the molecule is NNC(c1cnc2ccsc2c1)c1c(F)ccc(Br)c1F. The second-order valence-electron chi connectivity index (χ2n) is 4.43. The molecule has 21 heavy (non-hydrogen) atoms. The topological polar surface area (TPSA) is 50.9 Å². The highest BCUT2D eigenvalue weighted by Crippen LogP contribution is 2.31. The van der Waals surface area contributed by atoms with E-state index in [1.54, 1.807) is 6.20 Å². The lowest BCUT2D eigenvalue weighted by Crippen LogP contribution is -2.30. The fourth-order valence-corrected chi connectivity index (χ4v) is 3.31. The maximum absolute atomic E-state index is 14.2. The van der Waals surface area contributed by atoms with Gasteiger partial charge in [-0.15, -0.1) is 11.3 Å². The summed E-state index contributed by atoms with van der Waals surface area (Å²) in [7, 11) is 0. The minimum Gasteiger partial charge on any atom is -0.271 e. The molecular weight excluding hydrogens is 360 g/mol. The number of hydrogen-bond donors (Lipinski definition) is 2. The number of nitrogens with zero attached hydrogens (tertiary/aromatic N) is 1. The van der Waals surface area contributed by atoms with Gasteiger partial charge in [0.25, 0.3) is 0 Å². The Bertz CT molecular complexity index is 806. The highest BCUT2D eigenvalue weighted by atomic mass is 79.9. The van der Waals surface area contributed by atoms with E-state index in [1.165, 1.54) is 23.5 Å². The van der Waals surface area contributed by atoms with Crippen molar-refractivity contribution in [3.8, 4) is 0 Å². The number of nitrogens with two attached hydrogens (primary N) is 1. The van der Waals surface area contributed by atoms with E-state index in [0.717, 1.165) is 10.2 Å². The van der Waals surface area contributed by atoms with Crippen LogP contribution in [0.3, 0.4) is 0 Å². The van der Waals surface area contributed by atoms with Crippen molar-refractivity contribution in [2.45, 2.75) is 6.04 Å². The van der Waals surface area contributed by atoms with E-state index in [2.05, 4.69) is 26.3 Å². The Morgan fingerprint density at radius 1 is 1.29 bits per heavy atom. The Morgan fingerprint density at radius 2 is 2.10 bits per heavy atom. The van der Waals surface area contributed by atoms with Gasteiger partial charge in [0.15, 0.2) is 0 Å². The van der Waals surface area contributed by atoms with Crippen molar-refractivity contribution in [2.24, 2.45) is 5.84 Å². The molecule has 0 aliphatic heterocycles. The lowest BCUT2D eigenvalue weighted by Gasteiger charge is -2.18. The first-order valence-corrected chi connectivity index (χ1v) is 7.71. The van der Waals surface area contributed by atoms with Gasteiger partial charge in [-0.05, 0) is 51.1 Å². The zero-order chi connectivity index (χ0) is 15.0. The van der Waals surface area contributed by atoms with Gasteiger partial charge in [-0.25, -0.2) is 14.2 Å². The zero-order valence-electron chi connectivity index (χ0n) is 10.6. The van der Waals surface area contributed by atoms with Crippen molar-refractivity contribution >= 4 is 37.5 Å². The summed E-state index contributed by atoms with van der Waals surface area (Å²) in [5.41, 5.74) is 3.77. The molecule has 0 radical (unpaired) electrons. The average Bonchev–Trinajstić information content (AvgIpc) is 2.95. The third-order valence-electron chi connectivity index (χ3n) is 3.19. The summed E-state index contributed by atoms with van der Waals surface area (Å²) in [5.74, 6) is 4.18. The molecular formula is C14H10BrF2N3S. The van der Waals surface area contributed by atoms with Crippen LogP contribution in [-0.4, -0.2) is 4.98 Å². The van der Waals surface area contributed by atoms with Crippen molar-refractivity contribution in [3.05, 3.63) is 63.1 Å². The smallest absolute Gasteiger partial charge is 0.145 e. The second kappa shape index (κ2) is 5.76. The predicted octanol–water partition coefficient (Wildman–Crippen LogP) is 3.89. The summed E-state index contributed by atoms with van der Waals surface area (Å²) in [6.07, 6.45) is 1.57. The Labute approximate surface area is 131 Å². The van der Waals surface area contributed by atoms with Crippen LogP contribution in [-0.2, 0) is 0 Å². The van der Waals surface area contributed by atoms with Crippen molar-refractivity contribution < 1.29 is 8.78 Å². The molecule has 3 aromatic rings. The largest absolute Gasteiger partial charge is 0.271 e. The van der Waals surface area contributed by atoms with Crippen LogP contribution in [0.5, 0.6) is 0 Å². The number of fused-ring (bicyclic) bond motifs is 1. The van der Waals surface area contributed by atoms with Gasteiger partial charge in [0, 0.05) is 11.8 Å². The van der Waals surface area contributed by atoms with Gasteiger partial charge >= 0.3 is 0 Å². The van der Waals surface area contributed by atoms with E-state index < -0.39 is 17.7 Å². The van der Waals surface area contributed by atoms with Gasteiger partial charge in [0.2, 0.25) is 0 Å². The van der Waals surface area contributed by atoms with Gasteiger partial charge in [-0.3, -0.25) is 10.8 Å². The van der Waals surface area contributed by atoms with Crippen molar-refractivity contribution in [2.75, 3.05) is 0 Å². The lowest BCUT2D eigenvalue weighted by molar-refractivity contribution is 0.507. The summed E-state index contributed by atoms with van der Waals surface area (Å²) in [4.78, 5) is 4.28. The minimum absolute atomic E-state index is 0.135. The number of hydrogen-bond acceptors (Lipinski definition) is 4. The number of benzene rings is 1. The van der Waals surface area contributed by atoms with Gasteiger partial charge < -0.3 is 0 Å². The number of halogens is 3. The molecule has 0 spiro atoms. The van der Waals surface area contributed by atoms with Gasteiger partial charge in [0.1, 0.15) is 11.6 Å². The monoisotopic (exact) mass is 369 g/mol. The van der Waals surface area contributed by atoms with Crippen LogP contribution in [0, 0.1) is 11.6 Å². The third-order valence-corrected chi connectivity index (χ3v) is 4.66. The van der Waals surface area contributed by atoms with E-state index in [9.17, 15) is 8.78 Å². The highest BCUT2D eigenvalue weighted by molar-refractivity contribution is 9.10. The molecule has 1 unspecified atom stereocenters. The number of rotatable bonds is 3. The average molecular weight is 370 g/mol. The number of pyridine rings is 1. The molecule has 0 aliphatic rings. The number of aromatic nitrogens is 1. The Morgan fingerprint density at radius 3 is 2.86 bits per heavy atom. The molecule has 1 aromatic carbocycles. The van der Waals surface area contributed by atoms with Crippen LogP contribution >= 0.6 is 27.3 Å². The van der Waals surface area contributed by atoms with E-state index in [1.807, 2.05) is 17.5 Å². The molecule has 3 N–H and O–H groups in total. The second-order valence-corrected chi connectivity index (χ2v) is 6.23. The molecule has 0 saturated carbocycles. The molecule has 108 valence electrons. The standard InChI is InChI=1S/C14H10BrF2N3S/c15-8-1-2-9(16)12(13(8)17)14(20-18)7-5-11-10(19-6-7)3-4-21-11/h1-6,14,20H,18H2. The maximum atomic E-state index is 14.2. The Hall–Kier alpha value is -1.41. The highest BCUT2D eigenvalue weighted by Gasteiger charge is 2.23. The number of hydrazine groups is 1. The van der Waals surface area contributed by atoms with Crippen LogP contribution in [0.2, 0.25) is 0 Å². The Kier molecular flexibility index (Phi) is 3.99. The first kappa shape index (κ1) is 14.5. The lowest BCUT2D eigenvalue weighted by atomic mass is 9.99. The minimum atomic E-state index is -0.818. The normalized spacial score (nSPS) is 12.8. The van der Waals surface area contributed by atoms with E-state index >= 15 is 0 Å². The van der Waals surface area contributed by atoms with E-state index in [0.29, 0.717) is 5.56 Å². The first-order valence-electron chi connectivity index (χ1n) is 6.04. The first-order chi connectivity index (χ1) is 10.1. The summed E-state index contributed by atoms with van der Waals surface area (Å²) in [6.45, 7) is 0. The van der Waals surface area contributed by atoms with Crippen LogP contribution < -0.4 is 11.3 Å². The van der Waals surface area contributed by atoms with Crippen molar-refractivity contribution in [1.82, 2.24) is 10.4 Å². The molecule has 3 nitrogen and oxygen atoms in total. The number of thiophene rings is 1. The molecule has 0 aliphatic carbocycles. The molecule has 2 aromatic heterocycles. The van der Waals surface area contributed by atoms with Gasteiger partial charge in [0.05, 0.1) is 20.7 Å². The third kappa shape index (κ3) is 2.57. The van der Waals surface area contributed by atoms with Crippen LogP contribution in [0.1, 0.15) is 17.2 Å². The van der Waals surface area contributed by atoms with Crippen LogP contribution in [0.25, 0.3) is 10.2 Å². The number of nitrogens with one attached hydrogen (secondary N) is 1. The van der Waals surface area contributed by atoms with Gasteiger partial charge in [-0.2, -0.15) is 0 Å². The summed E-state index contributed by atoms with van der Waals surface area (Å²) < 4.78 is 29.4. The fraction of sp³-hybridized carbons (Fsp3) is 0.0714. The molecule has 0 saturated heterocycles. The van der Waals surface area contributed by atoms with Crippen LogP contribution in [0.15, 0.2) is 40.3 Å². The Balaban J connectivity index is 2.15. The zero-order valence-corrected chi connectivity index (χ0v) is 13.0. The van der Waals surface area contributed by atoms with E-state index in [-0.39, 0.29) is 10.0 Å². The van der Waals surface area contributed by atoms with Crippen LogP contribution in [0.4, 0.5) is 8.78 Å². The molecule has 2 heterocycles. The van der Waals surface area contributed by atoms with E-state index in [4.69, 9.17) is 5.84 Å². The summed E-state index contributed by atoms with van der Waals surface area (Å²) in [6, 6.07) is 5.42. The van der Waals surface area contributed by atoms with Crippen molar-refractivity contribution in [3.63, 3.8) is 0 Å². The van der Waals surface area contributed by atoms with Gasteiger partial charge in [-0.1, -0.05) is 0 Å². The molecule has 3 rings (SSSR count). The molecule has 0 fully saturated rings. The molecule has 0 bridgehead atoms. The summed E-state index contributed by atoms with van der Waals surface area (Å²) >= 11 is 4.57. The molecule has 1 atom stereocenters. The summed E-state index contributed by atoms with van der Waals surface area (Å²) in [5, 5.41) is 1.91. The predicted molar refractivity (Wildman–Crippen MR) is 82.8 cm³/mol. The fourth-order valence-electron chi connectivity index (χ4n) is 2.17.